The van der Waals surface area contributed by atoms with Crippen LogP contribution in [-0.2, 0) is 24.3 Å². The number of hydrogen-bond donors (Lipinski definition) is 1. The number of methoxy groups -OCH3 is 2. The number of aryl methyl sites for hydroxylation is 2. The quantitative estimate of drug-likeness (QED) is 0.402. The lowest BCUT2D eigenvalue weighted by molar-refractivity contribution is -0.121. The van der Waals surface area contributed by atoms with Gasteiger partial charge in [0.25, 0.3) is 5.56 Å². The second kappa shape index (κ2) is 10.5. The summed E-state index contributed by atoms with van der Waals surface area (Å²) in [4.78, 5) is 25.8. The van der Waals surface area contributed by atoms with Crippen LogP contribution in [0.1, 0.15) is 22.5 Å². The maximum atomic E-state index is 13.2. The molecule has 0 saturated carbocycles. The standard InChI is InChI=1S/C27H30N4O4/c1-18-22-15-29-31(27(33)26(22)19(2)30(18)16-21-8-6-5-7-9-21)17-25(32)28-13-12-20-10-11-23(34-3)24(14-20)35-4/h5-11,14-15H,12-13,16-17H2,1-4H3,(H,28,32). The molecule has 1 amide bonds. The molecule has 0 unspecified atom stereocenters. The minimum Gasteiger partial charge on any atom is -0.493 e. The highest BCUT2D eigenvalue weighted by atomic mass is 16.5. The van der Waals surface area contributed by atoms with Gasteiger partial charge < -0.3 is 19.4 Å². The molecule has 4 rings (SSSR count). The lowest BCUT2D eigenvalue weighted by Gasteiger charge is -2.10. The van der Waals surface area contributed by atoms with Crippen molar-refractivity contribution in [1.29, 1.82) is 0 Å². The topological polar surface area (TPSA) is 87.4 Å². The molecule has 1 N–H and O–H groups in total. The molecule has 8 heteroatoms. The summed E-state index contributed by atoms with van der Waals surface area (Å²) >= 11 is 0. The molecule has 0 aliphatic carbocycles. The summed E-state index contributed by atoms with van der Waals surface area (Å²) in [5.41, 5.74) is 3.76. The Bertz CT molecular complexity index is 1410. The number of rotatable bonds is 9. The van der Waals surface area contributed by atoms with Crippen LogP contribution in [0.25, 0.3) is 10.8 Å². The van der Waals surface area contributed by atoms with E-state index >= 15 is 0 Å². The first-order chi connectivity index (χ1) is 16.9. The predicted octanol–water partition coefficient (Wildman–Crippen LogP) is 3.24. The predicted molar refractivity (Wildman–Crippen MR) is 135 cm³/mol. The van der Waals surface area contributed by atoms with Crippen LogP contribution in [0, 0.1) is 13.8 Å². The van der Waals surface area contributed by atoms with E-state index in [0.717, 1.165) is 27.9 Å². The zero-order valence-electron chi connectivity index (χ0n) is 20.5. The van der Waals surface area contributed by atoms with E-state index in [2.05, 4.69) is 27.1 Å². The molecule has 0 saturated heterocycles. The normalized spacial score (nSPS) is 11.0. The fourth-order valence-electron chi connectivity index (χ4n) is 4.33. The average Bonchev–Trinajstić information content (AvgIpc) is 3.11. The van der Waals surface area contributed by atoms with E-state index in [1.165, 1.54) is 4.68 Å². The number of carbonyl (C=O) groups is 1. The maximum absolute atomic E-state index is 13.2. The van der Waals surface area contributed by atoms with E-state index in [9.17, 15) is 9.59 Å². The lowest BCUT2D eigenvalue weighted by Crippen LogP contribution is -2.34. The van der Waals surface area contributed by atoms with Gasteiger partial charge in [0.1, 0.15) is 6.54 Å². The molecular weight excluding hydrogens is 444 g/mol. The highest BCUT2D eigenvalue weighted by Gasteiger charge is 2.17. The summed E-state index contributed by atoms with van der Waals surface area (Å²) < 4.78 is 13.9. The number of aromatic nitrogens is 3. The Labute approximate surface area is 204 Å². The molecule has 182 valence electrons. The van der Waals surface area contributed by atoms with Crippen LogP contribution in [0.3, 0.4) is 0 Å². The highest BCUT2D eigenvalue weighted by molar-refractivity contribution is 5.87. The van der Waals surface area contributed by atoms with Crippen molar-refractivity contribution in [3.63, 3.8) is 0 Å². The van der Waals surface area contributed by atoms with Crippen molar-refractivity contribution in [1.82, 2.24) is 19.7 Å². The van der Waals surface area contributed by atoms with E-state index in [0.29, 0.717) is 36.4 Å². The molecule has 0 radical (unpaired) electrons. The lowest BCUT2D eigenvalue weighted by atomic mass is 10.1. The number of nitrogens with zero attached hydrogens (tertiary/aromatic N) is 3. The molecule has 0 bridgehead atoms. The van der Waals surface area contributed by atoms with Gasteiger partial charge in [-0.15, -0.1) is 0 Å². The molecule has 2 aromatic heterocycles. The average molecular weight is 475 g/mol. The molecule has 8 nitrogen and oxygen atoms in total. The fourth-order valence-corrected chi connectivity index (χ4v) is 4.33. The van der Waals surface area contributed by atoms with Crippen LogP contribution in [0.4, 0.5) is 0 Å². The second-order valence-corrected chi connectivity index (χ2v) is 8.43. The SMILES string of the molecule is COc1ccc(CCNC(=O)Cn2ncc3c(C)n(Cc4ccccc4)c(C)c3c2=O)cc1OC. The van der Waals surface area contributed by atoms with Gasteiger partial charge in [-0.1, -0.05) is 36.4 Å². The first kappa shape index (κ1) is 24.1. The van der Waals surface area contributed by atoms with Gasteiger partial charge in [-0.25, -0.2) is 4.68 Å². The maximum Gasteiger partial charge on any atom is 0.276 e. The van der Waals surface area contributed by atoms with Crippen LogP contribution >= 0.6 is 0 Å². The third kappa shape index (κ3) is 5.06. The van der Waals surface area contributed by atoms with Gasteiger partial charge in [0.05, 0.1) is 25.8 Å². The number of fused-ring (bicyclic) bond motifs is 1. The third-order valence-corrected chi connectivity index (χ3v) is 6.27. The summed E-state index contributed by atoms with van der Waals surface area (Å²) in [7, 11) is 3.18. The minimum absolute atomic E-state index is 0.136. The fraction of sp³-hybridized carbons (Fsp3) is 0.296. The van der Waals surface area contributed by atoms with Gasteiger partial charge in [-0.2, -0.15) is 5.10 Å². The third-order valence-electron chi connectivity index (χ3n) is 6.27. The van der Waals surface area contributed by atoms with Crippen molar-refractivity contribution in [2.75, 3.05) is 20.8 Å². The Hall–Kier alpha value is -4.07. The highest BCUT2D eigenvalue weighted by Crippen LogP contribution is 2.27. The number of ether oxygens (including phenoxy) is 2. The second-order valence-electron chi connectivity index (χ2n) is 8.43. The van der Waals surface area contributed by atoms with Crippen molar-refractivity contribution in [3.05, 3.63) is 87.6 Å². The van der Waals surface area contributed by atoms with Crippen LogP contribution in [0.15, 0.2) is 59.5 Å². The minimum atomic E-state index is -0.266. The number of hydrogen-bond acceptors (Lipinski definition) is 5. The zero-order valence-corrected chi connectivity index (χ0v) is 20.5. The molecular formula is C27H30N4O4. The van der Waals surface area contributed by atoms with Gasteiger partial charge in [-0.3, -0.25) is 9.59 Å². The Balaban J connectivity index is 1.45. The Morgan fingerprint density at radius 2 is 1.71 bits per heavy atom. The number of amides is 1. The molecule has 0 fully saturated rings. The summed E-state index contributed by atoms with van der Waals surface area (Å²) in [5, 5.41) is 8.56. The van der Waals surface area contributed by atoms with Crippen LogP contribution in [-0.4, -0.2) is 41.0 Å². The molecule has 35 heavy (non-hydrogen) atoms. The van der Waals surface area contributed by atoms with E-state index < -0.39 is 0 Å². The summed E-state index contributed by atoms with van der Waals surface area (Å²) in [6.45, 7) is 4.89. The molecule has 0 spiro atoms. The van der Waals surface area contributed by atoms with Gasteiger partial charge in [0.2, 0.25) is 5.91 Å². The van der Waals surface area contributed by atoms with Gasteiger partial charge in [0, 0.05) is 29.9 Å². The smallest absolute Gasteiger partial charge is 0.276 e. The van der Waals surface area contributed by atoms with Crippen LogP contribution < -0.4 is 20.3 Å². The van der Waals surface area contributed by atoms with Crippen molar-refractivity contribution >= 4 is 16.7 Å². The number of nitrogens with one attached hydrogen (secondary N) is 1. The van der Waals surface area contributed by atoms with E-state index in [-0.39, 0.29) is 18.0 Å². The van der Waals surface area contributed by atoms with Crippen molar-refractivity contribution in [3.8, 4) is 11.5 Å². The summed E-state index contributed by atoms with van der Waals surface area (Å²) in [6, 6.07) is 15.8. The van der Waals surface area contributed by atoms with Gasteiger partial charge in [-0.05, 0) is 43.5 Å². The van der Waals surface area contributed by atoms with Crippen molar-refractivity contribution in [2.24, 2.45) is 0 Å². The van der Waals surface area contributed by atoms with E-state index in [4.69, 9.17) is 9.47 Å². The number of carbonyl (C=O) groups excluding carboxylic acids is 1. The largest absolute Gasteiger partial charge is 0.493 e. The van der Waals surface area contributed by atoms with Gasteiger partial charge >= 0.3 is 0 Å². The molecule has 2 aromatic carbocycles. The van der Waals surface area contributed by atoms with Crippen LogP contribution in [0.5, 0.6) is 11.5 Å². The Kier molecular flexibility index (Phi) is 7.19. The van der Waals surface area contributed by atoms with Crippen molar-refractivity contribution < 1.29 is 14.3 Å². The molecule has 0 atom stereocenters. The summed E-state index contributed by atoms with van der Waals surface area (Å²) in [6.07, 6.45) is 2.30. The monoisotopic (exact) mass is 474 g/mol. The molecule has 4 aromatic rings. The first-order valence-electron chi connectivity index (χ1n) is 11.5. The first-order valence-corrected chi connectivity index (χ1v) is 11.5. The Morgan fingerprint density at radius 3 is 2.43 bits per heavy atom. The molecule has 2 heterocycles. The van der Waals surface area contributed by atoms with E-state index in [1.54, 1.807) is 20.4 Å². The van der Waals surface area contributed by atoms with Crippen molar-refractivity contribution in [2.45, 2.75) is 33.4 Å². The summed E-state index contributed by atoms with van der Waals surface area (Å²) in [5.74, 6) is 1.03. The Morgan fingerprint density at radius 1 is 0.971 bits per heavy atom. The number of benzene rings is 2. The molecule has 0 aliphatic heterocycles. The van der Waals surface area contributed by atoms with Gasteiger partial charge in [0.15, 0.2) is 11.5 Å². The van der Waals surface area contributed by atoms with Crippen LogP contribution in [0.2, 0.25) is 0 Å². The molecule has 0 aliphatic rings. The van der Waals surface area contributed by atoms with E-state index in [1.807, 2.05) is 50.2 Å². The zero-order chi connectivity index (χ0) is 24.9.